The van der Waals surface area contributed by atoms with Crippen LogP contribution in [-0.2, 0) is 4.79 Å². The fraction of sp³-hybridized carbons (Fsp3) is 0.118. The van der Waals surface area contributed by atoms with Crippen LogP contribution in [0.3, 0.4) is 0 Å². The Kier molecular flexibility index (Phi) is 5.61. The summed E-state index contributed by atoms with van der Waals surface area (Å²) < 4.78 is 11.3. The average Bonchev–Trinajstić information content (AvgIpc) is 2.54. The zero-order valence-electron chi connectivity index (χ0n) is 12.3. The van der Waals surface area contributed by atoms with Gasteiger partial charge in [-0.05, 0) is 23.8 Å². The van der Waals surface area contributed by atoms with Crippen LogP contribution in [0.4, 0.5) is 5.69 Å². The molecule has 4 nitrogen and oxygen atoms in total. The van der Waals surface area contributed by atoms with Crippen LogP contribution in [0.1, 0.15) is 5.56 Å². The maximum atomic E-state index is 12.0. The van der Waals surface area contributed by atoms with Gasteiger partial charge in [-0.3, -0.25) is 4.79 Å². The molecule has 0 bridgehead atoms. The van der Waals surface area contributed by atoms with Crippen LogP contribution in [0.2, 0.25) is 0 Å². The van der Waals surface area contributed by atoms with E-state index in [-0.39, 0.29) is 5.91 Å². The van der Waals surface area contributed by atoms with Crippen LogP contribution in [0.15, 0.2) is 53.0 Å². The van der Waals surface area contributed by atoms with Crippen LogP contribution in [0.5, 0.6) is 11.5 Å². The normalized spacial score (nSPS) is 10.5. The van der Waals surface area contributed by atoms with E-state index < -0.39 is 0 Å². The number of rotatable bonds is 5. The van der Waals surface area contributed by atoms with E-state index in [1.54, 1.807) is 38.5 Å². The summed E-state index contributed by atoms with van der Waals surface area (Å²) in [6.07, 6.45) is 3.23. The van der Waals surface area contributed by atoms with Gasteiger partial charge in [0.15, 0.2) is 0 Å². The summed E-state index contributed by atoms with van der Waals surface area (Å²) in [6.45, 7) is 0. The lowest BCUT2D eigenvalue weighted by atomic mass is 10.2. The van der Waals surface area contributed by atoms with Crippen molar-refractivity contribution in [1.29, 1.82) is 0 Å². The maximum absolute atomic E-state index is 12.0. The van der Waals surface area contributed by atoms with E-state index in [1.807, 2.05) is 24.3 Å². The third-order valence-electron chi connectivity index (χ3n) is 2.92. The van der Waals surface area contributed by atoms with Crippen molar-refractivity contribution in [3.8, 4) is 11.5 Å². The molecule has 2 aromatic carbocycles. The van der Waals surface area contributed by atoms with Crippen LogP contribution in [0.25, 0.3) is 6.08 Å². The molecular weight excluding hydrogens is 346 g/mol. The second kappa shape index (κ2) is 7.66. The van der Waals surface area contributed by atoms with E-state index in [0.29, 0.717) is 17.2 Å². The first-order valence-electron chi connectivity index (χ1n) is 6.58. The fourth-order valence-corrected chi connectivity index (χ4v) is 2.07. The van der Waals surface area contributed by atoms with E-state index in [2.05, 4.69) is 21.2 Å². The number of nitrogens with one attached hydrogen (secondary N) is 1. The summed E-state index contributed by atoms with van der Waals surface area (Å²) in [7, 11) is 3.13. The van der Waals surface area contributed by atoms with Gasteiger partial charge < -0.3 is 14.8 Å². The SMILES string of the molecule is COc1cc(NC(=O)/C=C/c2ccc(Br)cc2)cc(OC)c1. The topological polar surface area (TPSA) is 47.6 Å². The van der Waals surface area contributed by atoms with Gasteiger partial charge >= 0.3 is 0 Å². The molecule has 114 valence electrons. The van der Waals surface area contributed by atoms with Gasteiger partial charge in [-0.25, -0.2) is 0 Å². The number of carbonyl (C=O) groups is 1. The van der Waals surface area contributed by atoms with Crippen molar-refractivity contribution < 1.29 is 14.3 Å². The Morgan fingerprint density at radius 2 is 1.64 bits per heavy atom. The predicted octanol–water partition coefficient (Wildman–Crippen LogP) is 4.12. The molecule has 0 heterocycles. The number of amides is 1. The standard InChI is InChI=1S/C17H16BrNO3/c1-21-15-9-14(10-16(11-15)22-2)19-17(20)8-5-12-3-6-13(18)7-4-12/h3-11H,1-2H3,(H,19,20)/b8-5+. The lowest BCUT2D eigenvalue weighted by molar-refractivity contribution is -0.111. The van der Waals surface area contributed by atoms with E-state index in [9.17, 15) is 4.79 Å². The molecular formula is C17H16BrNO3. The van der Waals surface area contributed by atoms with E-state index >= 15 is 0 Å². The summed E-state index contributed by atoms with van der Waals surface area (Å²) in [5, 5.41) is 2.78. The Morgan fingerprint density at radius 1 is 1.05 bits per heavy atom. The Labute approximate surface area is 137 Å². The molecule has 5 heteroatoms. The lowest BCUT2D eigenvalue weighted by Gasteiger charge is -2.08. The predicted molar refractivity (Wildman–Crippen MR) is 91.4 cm³/mol. The van der Waals surface area contributed by atoms with E-state index in [1.165, 1.54) is 6.08 Å². The fourth-order valence-electron chi connectivity index (χ4n) is 1.81. The summed E-state index contributed by atoms with van der Waals surface area (Å²) in [4.78, 5) is 12.0. The molecule has 0 radical (unpaired) electrons. The molecule has 0 aliphatic heterocycles. The Hall–Kier alpha value is -2.27. The van der Waals surface area contributed by atoms with Gasteiger partial charge in [0.25, 0.3) is 0 Å². The van der Waals surface area contributed by atoms with Gasteiger partial charge in [0.05, 0.1) is 14.2 Å². The third kappa shape index (κ3) is 4.63. The molecule has 1 amide bonds. The van der Waals surface area contributed by atoms with Gasteiger partial charge in [-0.1, -0.05) is 28.1 Å². The number of hydrogen-bond donors (Lipinski definition) is 1. The van der Waals surface area contributed by atoms with Gasteiger partial charge in [0, 0.05) is 34.4 Å². The van der Waals surface area contributed by atoms with Crippen LogP contribution in [0, 0.1) is 0 Å². The minimum absolute atomic E-state index is 0.224. The molecule has 0 unspecified atom stereocenters. The number of methoxy groups -OCH3 is 2. The second-order valence-electron chi connectivity index (χ2n) is 4.48. The number of ether oxygens (including phenoxy) is 2. The number of halogens is 1. The molecule has 0 aliphatic rings. The molecule has 2 aromatic rings. The highest BCUT2D eigenvalue weighted by molar-refractivity contribution is 9.10. The smallest absolute Gasteiger partial charge is 0.248 e. The van der Waals surface area contributed by atoms with Crippen molar-refractivity contribution in [1.82, 2.24) is 0 Å². The van der Waals surface area contributed by atoms with Crippen molar-refractivity contribution in [3.63, 3.8) is 0 Å². The Bertz CT molecular complexity index is 659. The van der Waals surface area contributed by atoms with Crippen LogP contribution < -0.4 is 14.8 Å². The molecule has 0 aliphatic carbocycles. The first kappa shape index (κ1) is 16.1. The lowest BCUT2D eigenvalue weighted by Crippen LogP contribution is -2.08. The maximum Gasteiger partial charge on any atom is 0.248 e. The van der Waals surface area contributed by atoms with Crippen molar-refractivity contribution in [3.05, 3.63) is 58.6 Å². The highest BCUT2D eigenvalue weighted by Crippen LogP contribution is 2.25. The highest BCUT2D eigenvalue weighted by Gasteiger charge is 2.04. The molecule has 0 aromatic heterocycles. The van der Waals surface area contributed by atoms with Gasteiger partial charge in [0.2, 0.25) is 5.91 Å². The Balaban J connectivity index is 2.06. The van der Waals surface area contributed by atoms with Crippen molar-refractivity contribution in [2.75, 3.05) is 19.5 Å². The number of benzene rings is 2. The van der Waals surface area contributed by atoms with Crippen molar-refractivity contribution >= 4 is 33.6 Å². The van der Waals surface area contributed by atoms with Gasteiger partial charge in [-0.2, -0.15) is 0 Å². The number of carbonyl (C=O) groups excluding carboxylic acids is 1. The molecule has 0 fully saturated rings. The summed E-state index contributed by atoms with van der Waals surface area (Å²) in [5.41, 5.74) is 1.56. The number of hydrogen-bond acceptors (Lipinski definition) is 3. The summed E-state index contributed by atoms with van der Waals surface area (Å²) in [5.74, 6) is 1.01. The largest absolute Gasteiger partial charge is 0.497 e. The van der Waals surface area contributed by atoms with Crippen LogP contribution >= 0.6 is 15.9 Å². The second-order valence-corrected chi connectivity index (χ2v) is 5.39. The first-order valence-corrected chi connectivity index (χ1v) is 7.37. The molecule has 0 spiro atoms. The van der Waals surface area contributed by atoms with E-state index in [0.717, 1.165) is 10.0 Å². The first-order chi connectivity index (χ1) is 10.6. The van der Waals surface area contributed by atoms with Crippen LogP contribution in [-0.4, -0.2) is 20.1 Å². The summed E-state index contributed by atoms with van der Waals surface area (Å²) in [6, 6.07) is 12.9. The zero-order chi connectivity index (χ0) is 15.9. The van der Waals surface area contributed by atoms with Crippen molar-refractivity contribution in [2.45, 2.75) is 0 Å². The van der Waals surface area contributed by atoms with Gasteiger partial charge in [-0.15, -0.1) is 0 Å². The highest BCUT2D eigenvalue weighted by atomic mass is 79.9. The summed E-state index contributed by atoms with van der Waals surface area (Å²) >= 11 is 3.37. The number of anilines is 1. The third-order valence-corrected chi connectivity index (χ3v) is 3.44. The average molecular weight is 362 g/mol. The molecule has 2 rings (SSSR count). The van der Waals surface area contributed by atoms with E-state index in [4.69, 9.17) is 9.47 Å². The molecule has 0 saturated carbocycles. The van der Waals surface area contributed by atoms with Crippen molar-refractivity contribution in [2.24, 2.45) is 0 Å². The quantitative estimate of drug-likeness (QED) is 0.814. The minimum atomic E-state index is -0.224. The minimum Gasteiger partial charge on any atom is -0.497 e. The van der Waals surface area contributed by atoms with Gasteiger partial charge in [0.1, 0.15) is 11.5 Å². The Morgan fingerprint density at radius 3 is 2.18 bits per heavy atom. The zero-order valence-corrected chi connectivity index (χ0v) is 13.9. The molecule has 22 heavy (non-hydrogen) atoms. The monoisotopic (exact) mass is 361 g/mol. The molecule has 0 saturated heterocycles. The molecule has 1 N–H and O–H groups in total. The molecule has 0 atom stereocenters.